The molecule has 1 fully saturated rings. The normalized spacial score (nSPS) is 20.2. The van der Waals surface area contributed by atoms with Gasteiger partial charge in [0.1, 0.15) is 5.82 Å². The van der Waals surface area contributed by atoms with Crippen LogP contribution in [0.25, 0.3) is 0 Å². The number of hydrogen-bond donors (Lipinski definition) is 2. The first-order valence-corrected chi connectivity index (χ1v) is 5.49. The number of nitrogens with two attached hydrogens (primary N) is 1. The van der Waals surface area contributed by atoms with E-state index in [9.17, 15) is 14.5 Å². The van der Waals surface area contributed by atoms with E-state index in [0.717, 1.165) is 25.6 Å². The predicted molar refractivity (Wildman–Crippen MR) is 68.2 cm³/mol. The van der Waals surface area contributed by atoms with Crippen LogP contribution in [0.3, 0.4) is 0 Å². The first-order valence-electron chi connectivity index (χ1n) is 5.49. The molecule has 1 aromatic rings. The van der Waals surface area contributed by atoms with Crippen LogP contribution in [0.5, 0.6) is 0 Å². The largest absolute Gasteiger partial charge is 0.323 e. The van der Waals surface area contributed by atoms with Gasteiger partial charge in [0.2, 0.25) is 0 Å². The van der Waals surface area contributed by atoms with Crippen LogP contribution in [-0.4, -0.2) is 18.0 Å². The second-order valence-electron chi connectivity index (χ2n) is 4.24. The Morgan fingerprint density at radius 1 is 1.56 bits per heavy atom. The third-order valence-corrected chi connectivity index (χ3v) is 3.15. The van der Waals surface area contributed by atoms with E-state index in [-0.39, 0.29) is 29.6 Å². The highest BCUT2D eigenvalue weighted by Crippen LogP contribution is 2.31. The number of hydrogen-bond acceptors (Lipinski definition) is 4. The molecule has 18 heavy (non-hydrogen) atoms. The van der Waals surface area contributed by atoms with Crippen LogP contribution in [0.1, 0.15) is 18.0 Å². The summed E-state index contributed by atoms with van der Waals surface area (Å²) in [5.74, 6) is -0.373. The van der Waals surface area contributed by atoms with E-state index in [1.807, 2.05) is 0 Å². The molecule has 0 radical (unpaired) electrons. The zero-order valence-electron chi connectivity index (χ0n) is 9.64. The third-order valence-electron chi connectivity index (χ3n) is 3.15. The monoisotopic (exact) mass is 275 g/mol. The lowest BCUT2D eigenvalue weighted by atomic mass is 9.92. The van der Waals surface area contributed by atoms with Crippen LogP contribution in [0.4, 0.5) is 10.1 Å². The summed E-state index contributed by atoms with van der Waals surface area (Å²) >= 11 is 0. The summed E-state index contributed by atoms with van der Waals surface area (Å²) in [5.41, 5.74) is 6.17. The number of halogens is 2. The van der Waals surface area contributed by atoms with Gasteiger partial charge in [0.25, 0.3) is 5.69 Å². The molecule has 0 aromatic heterocycles. The molecular weight excluding hydrogens is 261 g/mol. The van der Waals surface area contributed by atoms with Crippen molar-refractivity contribution in [3.05, 3.63) is 39.7 Å². The number of benzene rings is 1. The standard InChI is InChI=1S/C11H14FN3O2.ClH/c12-8-1-2-10(15(16)17)9(5-8)11(13)7-3-4-14-6-7;/h1-2,5,7,11,14H,3-4,6,13H2;1H/t7-,11?;/m1./s1. The Balaban J connectivity index is 0.00000162. The summed E-state index contributed by atoms with van der Waals surface area (Å²) < 4.78 is 13.2. The van der Waals surface area contributed by atoms with E-state index >= 15 is 0 Å². The maximum atomic E-state index is 13.2. The van der Waals surface area contributed by atoms with Gasteiger partial charge in [0.15, 0.2) is 0 Å². The fourth-order valence-electron chi connectivity index (χ4n) is 2.20. The molecule has 100 valence electrons. The van der Waals surface area contributed by atoms with Crippen molar-refractivity contribution >= 4 is 18.1 Å². The number of nitro benzene ring substituents is 1. The Morgan fingerprint density at radius 3 is 2.83 bits per heavy atom. The molecule has 0 aliphatic carbocycles. The van der Waals surface area contributed by atoms with Crippen LogP contribution < -0.4 is 11.1 Å². The maximum Gasteiger partial charge on any atom is 0.274 e. The first kappa shape index (κ1) is 14.8. The summed E-state index contributed by atoms with van der Waals surface area (Å²) in [4.78, 5) is 10.3. The van der Waals surface area contributed by atoms with Crippen molar-refractivity contribution in [2.45, 2.75) is 12.5 Å². The highest BCUT2D eigenvalue weighted by Gasteiger charge is 2.28. The van der Waals surface area contributed by atoms with Crippen molar-refractivity contribution in [2.24, 2.45) is 11.7 Å². The van der Waals surface area contributed by atoms with Crippen LogP contribution in [0, 0.1) is 21.8 Å². The second-order valence-corrected chi connectivity index (χ2v) is 4.24. The van der Waals surface area contributed by atoms with E-state index in [2.05, 4.69) is 5.32 Å². The molecule has 2 atom stereocenters. The van der Waals surface area contributed by atoms with E-state index < -0.39 is 16.8 Å². The molecule has 0 saturated carbocycles. The molecule has 0 amide bonds. The number of nitrogens with one attached hydrogen (secondary N) is 1. The van der Waals surface area contributed by atoms with Gasteiger partial charge in [0, 0.05) is 17.7 Å². The Hall–Kier alpha value is -1.24. The minimum Gasteiger partial charge on any atom is -0.323 e. The van der Waals surface area contributed by atoms with Crippen LogP contribution in [0.2, 0.25) is 0 Å². The molecule has 0 bridgehead atoms. The quantitative estimate of drug-likeness (QED) is 0.651. The molecule has 1 saturated heterocycles. The molecule has 2 rings (SSSR count). The Labute approximate surface area is 110 Å². The van der Waals surface area contributed by atoms with Gasteiger partial charge in [0.05, 0.1) is 4.92 Å². The lowest BCUT2D eigenvalue weighted by Gasteiger charge is -2.18. The molecule has 0 spiro atoms. The number of rotatable bonds is 3. The lowest BCUT2D eigenvalue weighted by Crippen LogP contribution is -2.24. The molecule has 1 unspecified atom stereocenters. The maximum absolute atomic E-state index is 13.2. The summed E-state index contributed by atoms with van der Waals surface area (Å²) in [6.07, 6.45) is 0.856. The highest BCUT2D eigenvalue weighted by atomic mass is 35.5. The van der Waals surface area contributed by atoms with Gasteiger partial charge < -0.3 is 11.1 Å². The van der Waals surface area contributed by atoms with Gasteiger partial charge in [-0.05, 0) is 37.6 Å². The minimum atomic E-state index is -0.517. The van der Waals surface area contributed by atoms with Crippen molar-refractivity contribution in [3.63, 3.8) is 0 Å². The molecule has 7 heteroatoms. The zero-order valence-corrected chi connectivity index (χ0v) is 10.5. The number of nitrogens with zero attached hydrogens (tertiary/aromatic N) is 1. The van der Waals surface area contributed by atoms with Gasteiger partial charge in [-0.1, -0.05) is 0 Å². The summed E-state index contributed by atoms with van der Waals surface area (Å²) in [5, 5.41) is 14.0. The summed E-state index contributed by atoms with van der Waals surface area (Å²) in [7, 11) is 0. The van der Waals surface area contributed by atoms with E-state index in [1.54, 1.807) is 0 Å². The average molecular weight is 276 g/mol. The van der Waals surface area contributed by atoms with Gasteiger partial charge in [-0.25, -0.2) is 4.39 Å². The number of nitro groups is 1. The predicted octanol–water partition coefficient (Wildman–Crippen LogP) is 1.77. The fourth-order valence-corrected chi connectivity index (χ4v) is 2.20. The summed E-state index contributed by atoms with van der Waals surface area (Å²) in [6, 6.07) is 2.93. The van der Waals surface area contributed by atoms with Gasteiger partial charge >= 0.3 is 0 Å². The van der Waals surface area contributed by atoms with Crippen molar-refractivity contribution < 1.29 is 9.31 Å². The van der Waals surface area contributed by atoms with Crippen molar-refractivity contribution in [1.82, 2.24) is 5.32 Å². The molecule has 3 N–H and O–H groups in total. The minimum absolute atomic E-state index is 0. The SMILES string of the molecule is Cl.NC(c1cc(F)ccc1[N+](=O)[O-])[C@@H]1CCNC1. The molecule has 1 heterocycles. The second kappa shape index (κ2) is 6.08. The first-order chi connectivity index (χ1) is 8.09. The van der Waals surface area contributed by atoms with Crippen LogP contribution in [0.15, 0.2) is 18.2 Å². The van der Waals surface area contributed by atoms with Crippen LogP contribution >= 0.6 is 12.4 Å². The molecule has 1 aromatic carbocycles. The lowest BCUT2D eigenvalue weighted by molar-refractivity contribution is -0.385. The third kappa shape index (κ3) is 2.95. The average Bonchev–Trinajstić information content (AvgIpc) is 2.80. The molecular formula is C11H15ClFN3O2. The fraction of sp³-hybridized carbons (Fsp3) is 0.455. The Morgan fingerprint density at radius 2 is 2.28 bits per heavy atom. The zero-order chi connectivity index (χ0) is 12.4. The van der Waals surface area contributed by atoms with Crippen LogP contribution in [-0.2, 0) is 0 Å². The Bertz CT molecular complexity index is 438. The smallest absolute Gasteiger partial charge is 0.274 e. The van der Waals surface area contributed by atoms with Crippen molar-refractivity contribution in [2.75, 3.05) is 13.1 Å². The van der Waals surface area contributed by atoms with Crippen molar-refractivity contribution in [3.8, 4) is 0 Å². The topological polar surface area (TPSA) is 81.2 Å². The Kier molecular flexibility index (Phi) is 5.01. The van der Waals surface area contributed by atoms with Gasteiger partial charge in [-0.15, -0.1) is 12.4 Å². The molecule has 5 nitrogen and oxygen atoms in total. The van der Waals surface area contributed by atoms with E-state index in [1.165, 1.54) is 12.1 Å². The highest BCUT2D eigenvalue weighted by molar-refractivity contribution is 5.85. The molecule has 1 aliphatic rings. The summed E-state index contributed by atoms with van der Waals surface area (Å²) in [6.45, 7) is 1.57. The van der Waals surface area contributed by atoms with E-state index in [4.69, 9.17) is 5.73 Å². The van der Waals surface area contributed by atoms with Gasteiger partial charge in [-0.3, -0.25) is 10.1 Å². The van der Waals surface area contributed by atoms with Crippen molar-refractivity contribution in [1.29, 1.82) is 0 Å². The molecule has 1 aliphatic heterocycles. The van der Waals surface area contributed by atoms with E-state index in [0.29, 0.717) is 0 Å². The van der Waals surface area contributed by atoms with Gasteiger partial charge in [-0.2, -0.15) is 0 Å².